The highest BCUT2D eigenvalue weighted by molar-refractivity contribution is 7.22. The van der Waals surface area contributed by atoms with Crippen molar-refractivity contribution in [2.45, 2.75) is 13.8 Å². The number of hydrogen-bond donors (Lipinski definition) is 0. The molecule has 0 bridgehead atoms. The highest BCUT2D eigenvalue weighted by Gasteiger charge is 2.27. The van der Waals surface area contributed by atoms with Crippen LogP contribution in [0, 0.1) is 10.1 Å². The zero-order valence-corrected chi connectivity index (χ0v) is 19.2. The number of anilines is 1. The number of fused-ring (bicyclic) bond motifs is 1. The molecular formula is C21H25ClN4O4S. The molecule has 0 radical (unpaired) electrons. The standard InChI is InChI=1S/C21H24N4O4S.ClH/c1-4-23(5-2)12-13-24(20(26)16-8-6-7-9-18(16)25(27)28)21-22-17-11-10-15(29-3)14-19(17)30-21;/h6-11,14H,4-5,12-13H2,1-3H3;1H. The Labute approximate surface area is 191 Å². The summed E-state index contributed by atoms with van der Waals surface area (Å²) in [6.07, 6.45) is 0. The summed E-state index contributed by atoms with van der Waals surface area (Å²) in [5.74, 6) is 0.276. The number of para-hydroxylation sites is 1. The van der Waals surface area contributed by atoms with Crippen molar-refractivity contribution in [2.24, 2.45) is 0 Å². The van der Waals surface area contributed by atoms with E-state index in [1.807, 2.05) is 18.2 Å². The first-order valence-electron chi connectivity index (χ1n) is 9.70. The van der Waals surface area contributed by atoms with Gasteiger partial charge >= 0.3 is 0 Å². The largest absolute Gasteiger partial charge is 0.497 e. The molecule has 0 spiro atoms. The topological polar surface area (TPSA) is 88.8 Å². The fourth-order valence-corrected chi connectivity index (χ4v) is 4.18. The minimum atomic E-state index is -0.529. The lowest BCUT2D eigenvalue weighted by atomic mass is 10.1. The number of nitro benzene ring substituents is 1. The van der Waals surface area contributed by atoms with E-state index in [1.54, 1.807) is 19.2 Å². The van der Waals surface area contributed by atoms with Gasteiger partial charge in [-0.15, -0.1) is 12.4 Å². The van der Waals surface area contributed by atoms with Gasteiger partial charge in [0.2, 0.25) is 0 Å². The van der Waals surface area contributed by atoms with Crippen LogP contribution in [0.1, 0.15) is 24.2 Å². The second-order valence-corrected chi connectivity index (χ2v) is 7.60. The fraction of sp³-hybridized carbons (Fsp3) is 0.333. The summed E-state index contributed by atoms with van der Waals surface area (Å²) in [5.41, 5.74) is 0.594. The molecule has 3 aromatic rings. The van der Waals surface area contributed by atoms with Gasteiger partial charge in [-0.3, -0.25) is 19.8 Å². The molecule has 0 aliphatic heterocycles. The van der Waals surface area contributed by atoms with E-state index in [2.05, 4.69) is 23.7 Å². The quantitative estimate of drug-likeness (QED) is 0.339. The summed E-state index contributed by atoms with van der Waals surface area (Å²) >= 11 is 1.36. The maximum atomic E-state index is 13.4. The SMILES string of the molecule is CCN(CC)CCN(C(=O)c1ccccc1[N+](=O)[O-])c1nc2ccc(OC)cc2s1.Cl. The second-order valence-electron chi connectivity index (χ2n) is 6.59. The number of amides is 1. The van der Waals surface area contributed by atoms with Crippen LogP contribution in [0.2, 0.25) is 0 Å². The van der Waals surface area contributed by atoms with Gasteiger partial charge in [0, 0.05) is 19.2 Å². The minimum absolute atomic E-state index is 0. The van der Waals surface area contributed by atoms with Gasteiger partial charge in [0.05, 0.1) is 22.2 Å². The van der Waals surface area contributed by atoms with Gasteiger partial charge in [0.15, 0.2) is 5.13 Å². The normalized spacial score (nSPS) is 10.7. The summed E-state index contributed by atoms with van der Waals surface area (Å²) < 4.78 is 6.16. The number of halogens is 1. The van der Waals surface area contributed by atoms with Gasteiger partial charge in [0.25, 0.3) is 11.6 Å². The Morgan fingerprint density at radius 3 is 2.52 bits per heavy atom. The summed E-state index contributed by atoms with van der Waals surface area (Å²) in [5, 5.41) is 12.0. The average molecular weight is 465 g/mol. The van der Waals surface area contributed by atoms with Gasteiger partial charge in [0.1, 0.15) is 11.3 Å². The molecular weight excluding hydrogens is 440 g/mol. The molecule has 0 N–H and O–H groups in total. The first-order valence-corrected chi connectivity index (χ1v) is 10.5. The molecule has 0 atom stereocenters. The summed E-state index contributed by atoms with van der Waals surface area (Å²) in [4.78, 5) is 32.7. The maximum Gasteiger partial charge on any atom is 0.282 e. The van der Waals surface area contributed by atoms with Crippen molar-refractivity contribution in [1.82, 2.24) is 9.88 Å². The summed E-state index contributed by atoms with van der Waals surface area (Å²) in [6.45, 7) is 6.83. The molecule has 0 saturated heterocycles. The molecule has 1 aromatic heterocycles. The Kier molecular flexibility index (Phi) is 8.73. The van der Waals surface area contributed by atoms with Crippen LogP contribution >= 0.6 is 23.7 Å². The number of aromatic nitrogens is 1. The first kappa shape index (κ1) is 24.5. The van der Waals surface area contributed by atoms with Crippen LogP contribution in [-0.2, 0) is 0 Å². The third-order valence-corrected chi connectivity index (χ3v) is 5.97. The number of carbonyl (C=O) groups excluding carboxylic acids is 1. The number of ether oxygens (including phenoxy) is 1. The van der Waals surface area contributed by atoms with E-state index in [0.717, 1.165) is 23.3 Å². The Morgan fingerprint density at radius 2 is 1.87 bits per heavy atom. The molecule has 0 saturated carbocycles. The Morgan fingerprint density at radius 1 is 1.16 bits per heavy atom. The van der Waals surface area contributed by atoms with Crippen LogP contribution in [0.3, 0.4) is 0 Å². The number of methoxy groups -OCH3 is 1. The number of likely N-dealkylation sites (N-methyl/N-ethyl adjacent to an activating group) is 1. The van der Waals surface area contributed by atoms with Crippen LogP contribution in [0.4, 0.5) is 10.8 Å². The van der Waals surface area contributed by atoms with Crippen LogP contribution in [0.25, 0.3) is 10.2 Å². The van der Waals surface area contributed by atoms with E-state index >= 15 is 0 Å². The van der Waals surface area contributed by atoms with Crippen molar-refractivity contribution in [2.75, 3.05) is 38.2 Å². The lowest BCUT2D eigenvalue weighted by molar-refractivity contribution is -0.385. The highest BCUT2D eigenvalue weighted by Crippen LogP contribution is 2.33. The van der Waals surface area contributed by atoms with Crippen molar-refractivity contribution < 1.29 is 14.5 Å². The van der Waals surface area contributed by atoms with Crippen molar-refractivity contribution in [1.29, 1.82) is 0 Å². The van der Waals surface area contributed by atoms with E-state index in [9.17, 15) is 14.9 Å². The molecule has 1 heterocycles. The Hall–Kier alpha value is -2.75. The Balaban J connectivity index is 0.00000341. The third-order valence-electron chi connectivity index (χ3n) is 4.93. The van der Waals surface area contributed by atoms with E-state index < -0.39 is 10.8 Å². The van der Waals surface area contributed by atoms with E-state index in [-0.39, 0.29) is 23.7 Å². The van der Waals surface area contributed by atoms with E-state index in [0.29, 0.717) is 24.0 Å². The molecule has 31 heavy (non-hydrogen) atoms. The van der Waals surface area contributed by atoms with Crippen LogP contribution in [-0.4, -0.2) is 54.0 Å². The molecule has 0 aliphatic carbocycles. The molecule has 0 unspecified atom stereocenters. The zero-order chi connectivity index (χ0) is 21.7. The van der Waals surface area contributed by atoms with Gasteiger partial charge in [-0.2, -0.15) is 0 Å². The monoisotopic (exact) mass is 464 g/mol. The number of nitrogens with zero attached hydrogens (tertiary/aromatic N) is 4. The molecule has 166 valence electrons. The smallest absolute Gasteiger partial charge is 0.282 e. The molecule has 3 rings (SSSR count). The van der Waals surface area contributed by atoms with Crippen molar-refractivity contribution >= 4 is 50.7 Å². The molecule has 1 amide bonds. The number of benzene rings is 2. The summed E-state index contributed by atoms with van der Waals surface area (Å²) in [7, 11) is 1.59. The molecule has 10 heteroatoms. The highest BCUT2D eigenvalue weighted by atomic mass is 35.5. The molecule has 0 fully saturated rings. The number of rotatable bonds is 9. The third kappa shape index (κ3) is 5.49. The number of hydrogen-bond acceptors (Lipinski definition) is 7. The van der Waals surface area contributed by atoms with Crippen molar-refractivity contribution in [3.05, 3.63) is 58.1 Å². The lowest BCUT2D eigenvalue weighted by Crippen LogP contribution is -2.39. The number of thiazole rings is 1. The Bertz CT molecular complexity index is 1050. The molecule has 8 nitrogen and oxygen atoms in total. The van der Waals surface area contributed by atoms with Crippen LogP contribution in [0.15, 0.2) is 42.5 Å². The minimum Gasteiger partial charge on any atom is -0.497 e. The second kappa shape index (κ2) is 11.0. The molecule has 2 aromatic carbocycles. The van der Waals surface area contributed by atoms with Gasteiger partial charge < -0.3 is 9.64 Å². The van der Waals surface area contributed by atoms with Crippen molar-refractivity contribution in [3.8, 4) is 5.75 Å². The number of carbonyl (C=O) groups is 1. The average Bonchev–Trinajstić information content (AvgIpc) is 3.19. The molecule has 0 aliphatic rings. The van der Waals surface area contributed by atoms with Crippen LogP contribution in [0.5, 0.6) is 5.75 Å². The lowest BCUT2D eigenvalue weighted by Gasteiger charge is -2.24. The van der Waals surface area contributed by atoms with Gasteiger partial charge in [-0.1, -0.05) is 37.3 Å². The van der Waals surface area contributed by atoms with Crippen LogP contribution < -0.4 is 9.64 Å². The predicted molar refractivity (Wildman–Crippen MR) is 126 cm³/mol. The van der Waals surface area contributed by atoms with Gasteiger partial charge in [-0.05, 0) is 37.4 Å². The fourth-order valence-electron chi connectivity index (χ4n) is 3.16. The first-order chi connectivity index (χ1) is 14.5. The maximum absolute atomic E-state index is 13.4. The van der Waals surface area contributed by atoms with Crippen molar-refractivity contribution in [3.63, 3.8) is 0 Å². The van der Waals surface area contributed by atoms with Gasteiger partial charge in [-0.25, -0.2) is 4.98 Å². The van der Waals surface area contributed by atoms with E-state index in [4.69, 9.17) is 4.74 Å². The number of nitro groups is 1. The zero-order valence-electron chi connectivity index (χ0n) is 17.6. The van der Waals surface area contributed by atoms with E-state index in [1.165, 1.54) is 28.4 Å². The predicted octanol–water partition coefficient (Wildman–Crippen LogP) is 4.62. The summed E-state index contributed by atoms with van der Waals surface area (Å²) in [6, 6.07) is 11.5.